The summed E-state index contributed by atoms with van der Waals surface area (Å²) in [6.45, 7) is 6.41. The lowest BCUT2D eigenvalue weighted by Gasteiger charge is -2.33. The number of hydrogen-bond acceptors (Lipinski definition) is 4. The molecule has 0 N–H and O–H groups in total. The van der Waals surface area contributed by atoms with Crippen LogP contribution in [0, 0.1) is 0 Å². The Kier molecular flexibility index (Phi) is 5.65. The number of fused-ring (bicyclic) bond motifs is 1. The molecule has 1 fully saturated rings. The van der Waals surface area contributed by atoms with E-state index in [-0.39, 0.29) is 0 Å². The fourth-order valence-corrected chi connectivity index (χ4v) is 4.32. The highest BCUT2D eigenvalue weighted by Gasteiger charge is 2.25. The molecule has 1 atom stereocenters. The summed E-state index contributed by atoms with van der Waals surface area (Å²) in [5.41, 5.74) is 5.24. The maximum Gasteiger partial charge on any atom is 0.145 e. The Bertz CT molecular complexity index is 799. The first-order valence-corrected chi connectivity index (χ1v) is 10.2. The van der Waals surface area contributed by atoms with Crippen LogP contribution in [-0.2, 0) is 13.0 Å². The van der Waals surface area contributed by atoms with E-state index in [1.807, 2.05) is 0 Å². The average Bonchev–Trinajstić information content (AvgIpc) is 2.69. The summed E-state index contributed by atoms with van der Waals surface area (Å²) in [6, 6.07) is 11.0. The molecule has 0 aliphatic carbocycles. The van der Waals surface area contributed by atoms with E-state index < -0.39 is 0 Å². The number of rotatable bonds is 4. The van der Waals surface area contributed by atoms with Gasteiger partial charge in [0.05, 0.1) is 6.04 Å². The summed E-state index contributed by atoms with van der Waals surface area (Å²) in [4.78, 5) is 14.6. The SMILES string of the molecule is C/C(=C\c1ccccc1)CN1CCc2nc(C3CCCCN3C)ncc2C1. The van der Waals surface area contributed by atoms with E-state index in [2.05, 4.69) is 66.4 Å². The molecule has 1 aromatic carbocycles. The van der Waals surface area contributed by atoms with Gasteiger partial charge in [0, 0.05) is 43.5 Å². The van der Waals surface area contributed by atoms with E-state index in [1.54, 1.807) is 0 Å². The van der Waals surface area contributed by atoms with Crippen LogP contribution in [-0.4, -0.2) is 46.4 Å². The molecule has 1 unspecified atom stereocenters. The zero-order valence-corrected chi connectivity index (χ0v) is 16.6. The van der Waals surface area contributed by atoms with Crippen LogP contribution in [0.5, 0.6) is 0 Å². The molecule has 0 spiro atoms. The minimum Gasteiger partial charge on any atom is -0.296 e. The van der Waals surface area contributed by atoms with Crippen LogP contribution < -0.4 is 0 Å². The first-order valence-electron chi connectivity index (χ1n) is 10.2. The van der Waals surface area contributed by atoms with Crippen molar-refractivity contribution in [3.05, 3.63) is 64.7 Å². The average molecular weight is 363 g/mol. The van der Waals surface area contributed by atoms with Crippen molar-refractivity contribution in [2.24, 2.45) is 0 Å². The van der Waals surface area contributed by atoms with Crippen LogP contribution in [0.25, 0.3) is 6.08 Å². The van der Waals surface area contributed by atoms with E-state index in [1.165, 1.54) is 41.7 Å². The smallest absolute Gasteiger partial charge is 0.145 e. The van der Waals surface area contributed by atoms with Crippen molar-refractivity contribution >= 4 is 6.08 Å². The number of piperidine rings is 1. The summed E-state index contributed by atoms with van der Waals surface area (Å²) in [6.07, 6.45) is 9.17. The van der Waals surface area contributed by atoms with Crippen LogP contribution in [0.1, 0.15) is 54.9 Å². The number of hydrogen-bond donors (Lipinski definition) is 0. The number of likely N-dealkylation sites (tertiary alicyclic amines) is 1. The lowest BCUT2D eigenvalue weighted by Crippen LogP contribution is -2.34. The molecule has 0 radical (unpaired) electrons. The van der Waals surface area contributed by atoms with Crippen LogP contribution in [0.15, 0.2) is 42.1 Å². The molecule has 0 amide bonds. The molecule has 142 valence electrons. The molecule has 3 heterocycles. The van der Waals surface area contributed by atoms with Crippen molar-refractivity contribution in [3.63, 3.8) is 0 Å². The molecule has 0 bridgehead atoms. The topological polar surface area (TPSA) is 32.3 Å². The molecule has 4 heteroatoms. The molecular formula is C23H30N4. The Morgan fingerprint density at radius 1 is 1.19 bits per heavy atom. The molecule has 2 aliphatic rings. The molecule has 2 aliphatic heterocycles. The van der Waals surface area contributed by atoms with Gasteiger partial charge in [0.15, 0.2) is 0 Å². The van der Waals surface area contributed by atoms with Gasteiger partial charge in [-0.05, 0) is 38.9 Å². The third kappa shape index (κ3) is 4.45. The molecule has 4 rings (SSSR count). The molecule has 0 saturated carbocycles. The van der Waals surface area contributed by atoms with E-state index >= 15 is 0 Å². The van der Waals surface area contributed by atoms with Crippen molar-refractivity contribution in [1.82, 2.24) is 19.8 Å². The maximum absolute atomic E-state index is 4.97. The van der Waals surface area contributed by atoms with Gasteiger partial charge in [-0.3, -0.25) is 9.80 Å². The highest BCUT2D eigenvalue weighted by atomic mass is 15.2. The van der Waals surface area contributed by atoms with Gasteiger partial charge < -0.3 is 0 Å². The zero-order valence-electron chi connectivity index (χ0n) is 16.6. The van der Waals surface area contributed by atoms with Gasteiger partial charge in [-0.15, -0.1) is 0 Å². The van der Waals surface area contributed by atoms with Gasteiger partial charge in [0.1, 0.15) is 5.82 Å². The fourth-order valence-electron chi connectivity index (χ4n) is 4.32. The van der Waals surface area contributed by atoms with Crippen molar-refractivity contribution < 1.29 is 0 Å². The van der Waals surface area contributed by atoms with Gasteiger partial charge >= 0.3 is 0 Å². The molecule has 2 aromatic rings. The first kappa shape index (κ1) is 18.3. The number of nitrogens with zero attached hydrogens (tertiary/aromatic N) is 4. The Labute approximate surface area is 162 Å². The monoisotopic (exact) mass is 362 g/mol. The first-order chi connectivity index (χ1) is 13.2. The lowest BCUT2D eigenvalue weighted by molar-refractivity contribution is 0.178. The number of aromatic nitrogens is 2. The summed E-state index contributed by atoms with van der Waals surface area (Å²) < 4.78 is 0. The van der Waals surface area contributed by atoms with Crippen molar-refractivity contribution in [2.45, 2.75) is 45.2 Å². The molecule has 27 heavy (non-hydrogen) atoms. The van der Waals surface area contributed by atoms with Crippen molar-refractivity contribution in [1.29, 1.82) is 0 Å². The molecule has 1 aromatic heterocycles. The van der Waals surface area contributed by atoms with Gasteiger partial charge in [-0.25, -0.2) is 9.97 Å². The highest BCUT2D eigenvalue weighted by Crippen LogP contribution is 2.28. The second-order valence-electron chi connectivity index (χ2n) is 8.05. The zero-order chi connectivity index (χ0) is 18.6. The van der Waals surface area contributed by atoms with Crippen LogP contribution in [0.3, 0.4) is 0 Å². The van der Waals surface area contributed by atoms with Gasteiger partial charge in [0.2, 0.25) is 0 Å². The van der Waals surface area contributed by atoms with Gasteiger partial charge in [-0.1, -0.05) is 48.4 Å². The standard InChI is InChI=1S/C23H30N4/c1-18(14-19-8-4-3-5-9-19)16-27-13-11-21-20(17-27)15-24-23(25-21)22-10-6-7-12-26(22)2/h3-5,8-9,14-15,22H,6-7,10-13,16-17H2,1-2H3/b18-14+. The summed E-state index contributed by atoms with van der Waals surface area (Å²) in [7, 11) is 2.20. The normalized spacial score (nSPS) is 21.9. The minimum absolute atomic E-state index is 0.401. The lowest BCUT2D eigenvalue weighted by atomic mass is 10.0. The fraction of sp³-hybridized carbons (Fsp3) is 0.478. The van der Waals surface area contributed by atoms with Gasteiger partial charge in [0.25, 0.3) is 0 Å². The van der Waals surface area contributed by atoms with E-state index in [0.717, 1.165) is 38.4 Å². The van der Waals surface area contributed by atoms with Gasteiger partial charge in [-0.2, -0.15) is 0 Å². The van der Waals surface area contributed by atoms with Crippen molar-refractivity contribution in [2.75, 3.05) is 26.7 Å². The largest absolute Gasteiger partial charge is 0.296 e. The summed E-state index contributed by atoms with van der Waals surface area (Å²) in [5.74, 6) is 1.03. The van der Waals surface area contributed by atoms with E-state index in [9.17, 15) is 0 Å². The predicted molar refractivity (Wildman–Crippen MR) is 110 cm³/mol. The Morgan fingerprint density at radius 2 is 2.04 bits per heavy atom. The second-order valence-corrected chi connectivity index (χ2v) is 8.05. The highest BCUT2D eigenvalue weighted by molar-refractivity contribution is 5.52. The van der Waals surface area contributed by atoms with Crippen LogP contribution >= 0.6 is 0 Å². The van der Waals surface area contributed by atoms with Crippen molar-refractivity contribution in [3.8, 4) is 0 Å². The van der Waals surface area contributed by atoms with E-state index in [4.69, 9.17) is 9.97 Å². The summed E-state index contributed by atoms with van der Waals surface area (Å²) in [5, 5.41) is 0. The molecule has 1 saturated heterocycles. The molecule has 4 nitrogen and oxygen atoms in total. The van der Waals surface area contributed by atoms with Crippen LogP contribution in [0.4, 0.5) is 0 Å². The Balaban J connectivity index is 1.42. The quantitative estimate of drug-likeness (QED) is 0.820. The predicted octanol–water partition coefficient (Wildman–Crippen LogP) is 4.10. The molecular weight excluding hydrogens is 332 g/mol. The number of benzene rings is 1. The maximum atomic E-state index is 4.97. The summed E-state index contributed by atoms with van der Waals surface area (Å²) >= 11 is 0. The Hall–Kier alpha value is -2.04. The minimum atomic E-state index is 0.401. The third-order valence-electron chi connectivity index (χ3n) is 5.79. The van der Waals surface area contributed by atoms with Crippen LogP contribution in [0.2, 0.25) is 0 Å². The Morgan fingerprint density at radius 3 is 2.85 bits per heavy atom. The van der Waals surface area contributed by atoms with E-state index in [0.29, 0.717) is 6.04 Å². The third-order valence-corrected chi connectivity index (χ3v) is 5.79. The second kappa shape index (κ2) is 8.32.